The molecule has 0 bridgehead atoms. The van der Waals surface area contributed by atoms with Crippen molar-refractivity contribution in [1.82, 2.24) is 5.32 Å². The Morgan fingerprint density at radius 1 is 1.38 bits per heavy atom. The molecule has 90 valence electrons. The Hall–Kier alpha value is -1.11. The summed E-state index contributed by atoms with van der Waals surface area (Å²) in [6.07, 6.45) is 0. The quantitative estimate of drug-likeness (QED) is 0.694. The number of sulfonamides is 1. The summed E-state index contributed by atoms with van der Waals surface area (Å²) in [7, 11) is -1.79. The van der Waals surface area contributed by atoms with Crippen molar-refractivity contribution in [2.75, 3.05) is 19.4 Å². The highest BCUT2D eigenvalue weighted by molar-refractivity contribution is 7.89. The van der Waals surface area contributed by atoms with E-state index in [1.807, 2.05) is 24.3 Å². The third kappa shape index (κ3) is 4.61. The molecule has 0 aromatic heterocycles. The van der Waals surface area contributed by atoms with Crippen molar-refractivity contribution >= 4 is 10.0 Å². The van der Waals surface area contributed by atoms with Crippen molar-refractivity contribution in [3.63, 3.8) is 0 Å². The Morgan fingerprint density at radius 2 is 2.06 bits per heavy atom. The van der Waals surface area contributed by atoms with Gasteiger partial charge < -0.3 is 10.1 Å². The number of hydrogen-bond donors (Lipinski definition) is 2. The molecule has 16 heavy (non-hydrogen) atoms. The van der Waals surface area contributed by atoms with Gasteiger partial charge in [0.15, 0.2) is 0 Å². The Balaban J connectivity index is 2.43. The molecular weight excluding hydrogens is 228 g/mol. The van der Waals surface area contributed by atoms with Crippen molar-refractivity contribution < 1.29 is 13.2 Å². The minimum Gasteiger partial charge on any atom is -0.496 e. The van der Waals surface area contributed by atoms with Crippen LogP contribution >= 0.6 is 0 Å². The number of primary sulfonamides is 1. The number of ether oxygens (including phenoxy) is 1. The molecule has 1 rings (SSSR count). The van der Waals surface area contributed by atoms with E-state index in [1.165, 1.54) is 0 Å². The second kappa shape index (κ2) is 5.83. The summed E-state index contributed by atoms with van der Waals surface area (Å²) in [6, 6.07) is 7.56. The molecule has 0 spiro atoms. The molecule has 0 radical (unpaired) electrons. The van der Waals surface area contributed by atoms with Gasteiger partial charge in [-0.05, 0) is 6.07 Å². The predicted octanol–water partition coefficient (Wildman–Crippen LogP) is 0.0733. The van der Waals surface area contributed by atoms with Crippen LogP contribution in [0.15, 0.2) is 24.3 Å². The van der Waals surface area contributed by atoms with Crippen molar-refractivity contribution in [1.29, 1.82) is 0 Å². The molecule has 0 heterocycles. The summed E-state index contributed by atoms with van der Waals surface area (Å²) in [5.41, 5.74) is 0.986. The van der Waals surface area contributed by atoms with Crippen LogP contribution in [-0.2, 0) is 16.6 Å². The number of nitrogens with one attached hydrogen (secondary N) is 1. The first kappa shape index (κ1) is 13.0. The standard InChI is InChI=1S/C10H16N2O3S/c1-15-10-5-3-2-4-9(10)8-12-6-7-16(11,13)14/h2-5,12H,6-8H2,1H3,(H2,11,13,14). The van der Waals surface area contributed by atoms with Crippen LogP contribution in [0.5, 0.6) is 5.75 Å². The fourth-order valence-electron chi connectivity index (χ4n) is 1.29. The summed E-state index contributed by atoms with van der Waals surface area (Å²) in [4.78, 5) is 0. The molecule has 6 heteroatoms. The first-order valence-corrected chi connectivity index (χ1v) is 6.57. The second-order valence-electron chi connectivity index (χ2n) is 3.36. The van der Waals surface area contributed by atoms with Crippen molar-refractivity contribution in [2.24, 2.45) is 5.14 Å². The minimum absolute atomic E-state index is 0.0673. The molecular formula is C10H16N2O3S. The highest BCUT2D eigenvalue weighted by atomic mass is 32.2. The van der Waals surface area contributed by atoms with Crippen LogP contribution in [0.2, 0.25) is 0 Å². The van der Waals surface area contributed by atoms with E-state index in [9.17, 15) is 8.42 Å². The molecule has 0 atom stereocenters. The zero-order valence-corrected chi connectivity index (χ0v) is 9.96. The molecule has 0 fully saturated rings. The lowest BCUT2D eigenvalue weighted by molar-refractivity contribution is 0.408. The SMILES string of the molecule is COc1ccccc1CNCCS(N)(=O)=O. The van der Waals surface area contributed by atoms with Gasteiger partial charge in [-0.1, -0.05) is 18.2 Å². The summed E-state index contributed by atoms with van der Waals surface area (Å²) >= 11 is 0. The molecule has 1 aromatic rings. The van der Waals surface area contributed by atoms with Crippen LogP contribution in [0, 0.1) is 0 Å². The first-order valence-electron chi connectivity index (χ1n) is 4.86. The molecule has 0 amide bonds. The van der Waals surface area contributed by atoms with Gasteiger partial charge in [-0.3, -0.25) is 0 Å². The molecule has 0 aliphatic rings. The monoisotopic (exact) mass is 244 g/mol. The van der Waals surface area contributed by atoms with E-state index in [0.29, 0.717) is 13.1 Å². The van der Waals surface area contributed by atoms with Gasteiger partial charge in [-0.15, -0.1) is 0 Å². The zero-order chi connectivity index (χ0) is 12.0. The van der Waals surface area contributed by atoms with E-state index in [0.717, 1.165) is 11.3 Å². The normalized spacial score (nSPS) is 11.4. The Kier molecular flexibility index (Phi) is 4.72. The lowest BCUT2D eigenvalue weighted by atomic mass is 10.2. The van der Waals surface area contributed by atoms with E-state index < -0.39 is 10.0 Å². The third-order valence-corrected chi connectivity index (χ3v) is 2.84. The molecule has 0 aliphatic carbocycles. The van der Waals surface area contributed by atoms with E-state index in [2.05, 4.69) is 5.32 Å². The fraction of sp³-hybridized carbons (Fsp3) is 0.400. The van der Waals surface area contributed by atoms with Gasteiger partial charge in [0.2, 0.25) is 10.0 Å². The highest BCUT2D eigenvalue weighted by Gasteiger charge is 2.03. The van der Waals surface area contributed by atoms with Crippen LogP contribution in [0.4, 0.5) is 0 Å². The van der Waals surface area contributed by atoms with Gasteiger partial charge in [-0.25, -0.2) is 13.6 Å². The number of hydrogen-bond acceptors (Lipinski definition) is 4. The lowest BCUT2D eigenvalue weighted by Crippen LogP contribution is -2.26. The van der Waals surface area contributed by atoms with E-state index in [-0.39, 0.29) is 5.75 Å². The van der Waals surface area contributed by atoms with Gasteiger partial charge in [0.1, 0.15) is 5.75 Å². The molecule has 0 saturated heterocycles. The van der Waals surface area contributed by atoms with Crippen LogP contribution in [0.3, 0.4) is 0 Å². The Labute approximate surface area is 95.7 Å². The molecule has 0 saturated carbocycles. The zero-order valence-electron chi connectivity index (χ0n) is 9.14. The second-order valence-corrected chi connectivity index (χ2v) is 5.09. The van der Waals surface area contributed by atoms with Gasteiger partial charge in [0, 0.05) is 18.7 Å². The third-order valence-electron chi connectivity index (χ3n) is 2.07. The molecule has 0 unspecified atom stereocenters. The molecule has 5 nitrogen and oxygen atoms in total. The van der Waals surface area contributed by atoms with Gasteiger partial charge in [0.25, 0.3) is 0 Å². The largest absolute Gasteiger partial charge is 0.496 e. The van der Waals surface area contributed by atoms with Crippen molar-refractivity contribution in [3.8, 4) is 5.75 Å². The predicted molar refractivity (Wildman–Crippen MR) is 62.7 cm³/mol. The van der Waals surface area contributed by atoms with Crippen LogP contribution < -0.4 is 15.2 Å². The minimum atomic E-state index is -3.39. The maximum Gasteiger partial charge on any atom is 0.210 e. The van der Waals surface area contributed by atoms with E-state index >= 15 is 0 Å². The summed E-state index contributed by atoms with van der Waals surface area (Å²) in [6.45, 7) is 0.885. The highest BCUT2D eigenvalue weighted by Crippen LogP contribution is 2.16. The average molecular weight is 244 g/mol. The maximum atomic E-state index is 10.7. The van der Waals surface area contributed by atoms with Crippen molar-refractivity contribution in [3.05, 3.63) is 29.8 Å². The van der Waals surface area contributed by atoms with Gasteiger partial charge >= 0.3 is 0 Å². The van der Waals surface area contributed by atoms with Crippen LogP contribution in [0.25, 0.3) is 0 Å². The van der Waals surface area contributed by atoms with Crippen LogP contribution in [-0.4, -0.2) is 27.8 Å². The van der Waals surface area contributed by atoms with Gasteiger partial charge in [-0.2, -0.15) is 0 Å². The van der Waals surface area contributed by atoms with Gasteiger partial charge in [0.05, 0.1) is 12.9 Å². The van der Waals surface area contributed by atoms with E-state index in [4.69, 9.17) is 9.88 Å². The molecule has 3 N–H and O–H groups in total. The summed E-state index contributed by atoms with van der Waals surface area (Å²) < 4.78 is 26.5. The smallest absolute Gasteiger partial charge is 0.210 e. The number of rotatable bonds is 6. The number of para-hydroxylation sites is 1. The number of nitrogens with two attached hydrogens (primary N) is 1. The van der Waals surface area contributed by atoms with Crippen molar-refractivity contribution in [2.45, 2.75) is 6.54 Å². The number of methoxy groups -OCH3 is 1. The lowest BCUT2D eigenvalue weighted by Gasteiger charge is -2.08. The summed E-state index contributed by atoms with van der Waals surface area (Å²) in [5.74, 6) is 0.716. The maximum absolute atomic E-state index is 10.7. The fourth-order valence-corrected chi connectivity index (χ4v) is 1.72. The average Bonchev–Trinajstić information content (AvgIpc) is 2.23. The van der Waals surface area contributed by atoms with E-state index in [1.54, 1.807) is 7.11 Å². The first-order chi connectivity index (χ1) is 7.53. The molecule has 1 aromatic carbocycles. The summed E-state index contributed by atoms with van der Waals surface area (Å²) in [5, 5.41) is 7.87. The Bertz CT molecular complexity index is 431. The van der Waals surface area contributed by atoms with Crippen LogP contribution in [0.1, 0.15) is 5.56 Å². The number of benzene rings is 1. The molecule has 0 aliphatic heterocycles. The topological polar surface area (TPSA) is 81.4 Å². The Morgan fingerprint density at radius 3 is 2.69 bits per heavy atom.